The van der Waals surface area contributed by atoms with Crippen LogP contribution in [0.5, 0.6) is 0 Å². The number of hydrogen-bond donors (Lipinski definition) is 0. The first-order valence-electron chi connectivity index (χ1n) is 4.09. The minimum Gasteiger partial charge on any atom is -0.473 e. The summed E-state index contributed by atoms with van der Waals surface area (Å²) in [5, 5.41) is 0. The summed E-state index contributed by atoms with van der Waals surface area (Å²) in [6.07, 6.45) is 2.13. The second-order valence-corrected chi connectivity index (χ2v) is 3.22. The quantitative estimate of drug-likeness (QED) is 0.524. The third kappa shape index (κ3) is 0.556. The minimum atomic E-state index is 0.148. The van der Waals surface area contributed by atoms with Crippen LogP contribution in [0, 0.1) is 6.92 Å². The van der Waals surface area contributed by atoms with Crippen LogP contribution < -0.4 is 0 Å². The average Bonchev–Trinajstić information content (AvgIpc) is 2.64. The van der Waals surface area contributed by atoms with Gasteiger partial charge >= 0.3 is 0 Å². The SMILES string of the molecule is Cc1cccc2c1C1=C=CC2O1. The average molecular weight is 156 g/mol. The second-order valence-electron chi connectivity index (χ2n) is 3.22. The van der Waals surface area contributed by atoms with Crippen LogP contribution in [0.25, 0.3) is 5.76 Å². The van der Waals surface area contributed by atoms with Crippen LogP contribution in [-0.2, 0) is 4.74 Å². The molecule has 2 bridgehead atoms. The fraction of sp³-hybridized carbons (Fsp3) is 0.182. The molecule has 0 fully saturated rings. The van der Waals surface area contributed by atoms with Gasteiger partial charge in [-0.2, -0.15) is 0 Å². The van der Waals surface area contributed by atoms with E-state index in [-0.39, 0.29) is 6.10 Å². The Balaban J connectivity index is 2.41. The molecule has 0 aromatic heterocycles. The first-order valence-corrected chi connectivity index (χ1v) is 4.09. The highest BCUT2D eigenvalue weighted by Gasteiger charge is 2.30. The predicted octanol–water partition coefficient (Wildman–Crippen LogP) is 2.58. The molecule has 0 saturated heterocycles. The van der Waals surface area contributed by atoms with Crippen molar-refractivity contribution in [3.05, 3.63) is 46.7 Å². The van der Waals surface area contributed by atoms with E-state index in [9.17, 15) is 0 Å². The molecule has 0 saturated carbocycles. The van der Waals surface area contributed by atoms with Crippen LogP contribution in [0.1, 0.15) is 22.8 Å². The van der Waals surface area contributed by atoms with E-state index in [1.54, 1.807) is 0 Å². The zero-order valence-corrected chi connectivity index (χ0v) is 6.79. The number of hydrogen-bond acceptors (Lipinski definition) is 1. The maximum Gasteiger partial charge on any atom is 0.171 e. The third-order valence-corrected chi connectivity index (χ3v) is 2.45. The monoisotopic (exact) mass is 156 g/mol. The maximum atomic E-state index is 5.57. The minimum absolute atomic E-state index is 0.148. The standard InChI is InChI=1S/C11H8O/c1-7-3-2-4-8-9-5-6-10(12-9)11(7)8/h2-5,9H,1H3. The van der Waals surface area contributed by atoms with Crippen molar-refractivity contribution in [3.63, 3.8) is 0 Å². The van der Waals surface area contributed by atoms with E-state index in [1.165, 1.54) is 16.7 Å². The molecule has 0 amide bonds. The van der Waals surface area contributed by atoms with Gasteiger partial charge in [-0.3, -0.25) is 0 Å². The van der Waals surface area contributed by atoms with E-state index in [4.69, 9.17) is 4.74 Å². The normalized spacial score (nSPS) is 22.1. The van der Waals surface area contributed by atoms with Gasteiger partial charge in [0.2, 0.25) is 0 Å². The van der Waals surface area contributed by atoms with Crippen molar-refractivity contribution in [2.75, 3.05) is 0 Å². The molecule has 1 aromatic rings. The Kier molecular flexibility index (Phi) is 0.926. The summed E-state index contributed by atoms with van der Waals surface area (Å²) in [7, 11) is 0. The number of rotatable bonds is 0. The van der Waals surface area contributed by atoms with Crippen LogP contribution >= 0.6 is 0 Å². The molecule has 1 unspecified atom stereocenters. The van der Waals surface area contributed by atoms with Gasteiger partial charge in [-0.15, -0.1) is 0 Å². The highest BCUT2D eigenvalue weighted by Crippen LogP contribution is 2.43. The zero-order valence-electron chi connectivity index (χ0n) is 6.79. The van der Waals surface area contributed by atoms with Gasteiger partial charge < -0.3 is 4.74 Å². The molecule has 1 atom stereocenters. The van der Waals surface area contributed by atoms with Crippen molar-refractivity contribution in [2.24, 2.45) is 0 Å². The summed E-state index contributed by atoms with van der Waals surface area (Å²) in [6, 6.07) is 6.31. The topological polar surface area (TPSA) is 9.23 Å². The summed E-state index contributed by atoms with van der Waals surface area (Å²) < 4.78 is 5.57. The largest absolute Gasteiger partial charge is 0.473 e. The molecule has 12 heavy (non-hydrogen) atoms. The fourth-order valence-corrected chi connectivity index (χ4v) is 1.87. The molecule has 3 rings (SSSR count). The predicted molar refractivity (Wildman–Crippen MR) is 46.5 cm³/mol. The van der Waals surface area contributed by atoms with Gasteiger partial charge in [0.15, 0.2) is 11.9 Å². The van der Waals surface area contributed by atoms with Gasteiger partial charge in [0.1, 0.15) is 0 Å². The van der Waals surface area contributed by atoms with Crippen LogP contribution in [0.4, 0.5) is 0 Å². The summed E-state index contributed by atoms with van der Waals surface area (Å²) in [5.74, 6) is 0.924. The Morgan fingerprint density at radius 1 is 1.42 bits per heavy atom. The van der Waals surface area contributed by atoms with Gasteiger partial charge in [0.05, 0.1) is 0 Å². The van der Waals surface area contributed by atoms with Gasteiger partial charge in [-0.25, -0.2) is 0 Å². The summed E-state index contributed by atoms with van der Waals surface area (Å²) in [4.78, 5) is 0. The Hall–Kier alpha value is -1.46. The van der Waals surface area contributed by atoms with Gasteiger partial charge in [0.25, 0.3) is 0 Å². The molecular formula is C11H8O. The number of fused-ring (bicyclic) bond motifs is 5. The summed E-state index contributed by atoms with van der Waals surface area (Å²) >= 11 is 0. The molecule has 1 nitrogen and oxygen atoms in total. The molecule has 58 valence electrons. The van der Waals surface area contributed by atoms with Crippen LogP contribution in [0.2, 0.25) is 0 Å². The lowest BCUT2D eigenvalue weighted by Crippen LogP contribution is -1.90. The Labute approximate surface area is 71.0 Å². The van der Waals surface area contributed by atoms with Crippen LogP contribution in [0.3, 0.4) is 0 Å². The number of aryl methyl sites for hydroxylation is 1. The van der Waals surface area contributed by atoms with Crippen molar-refractivity contribution < 1.29 is 4.74 Å². The Morgan fingerprint density at radius 3 is 3.17 bits per heavy atom. The zero-order chi connectivity index (χ0) is 8.13. The first-order chi connectivity index (χ1) is 5.86. The fourth-order valence-electron chi connectivity index (χ4n) is 1.87. The molecule has 1 aromatic carbocycles. The van der Waals surface area contributed by atoms with E-state index < -0.39 is 0 Å². The van der Waals surface area contributed by atoms with Gasteiger partial charge in [-0.1, -0.05) is 23.9 Å². The molecule has 2 aliphatic rings. The van der Waals surface area contributed by atoms with E-state index in [1.807, 2.05) is 6.08 Å². The van der Waals surface area contributed by atoms with Gasteiger partial charge in [-0.05, 0) is 12.5 Å². The van der Waals surface area contributed by atoms with E-state index >= 15 is 0 Å². The molecule has 0 N–H and O–H groups in total. The van der Waals surface area contributed by atoms with Crippen molar-refractivity contribution in [2.45, 2.75) is 13.0 Å². The smallest absolute Gasteiger partial charge is 0.171 e. The Morgan fingerprint density at radius 2 is 2.33 bits per heavy atom. The first kappa shape index (κ1) is 6.10. The number of benzene rings is 1. The van der Waals surface area contributed by atoms with Crippen LogP contribution in [-0.4, -0.2) is 0 Å². The lowest BCUT2D eigenvalue weighted by atomic mass is 9.97. The molecule has 2 aliphatic heterocycles. The highest BCUT2D eigenvalue weighted by atomic mass is 16.5. The molecular weight excluding hydrogens is 148 g/mol. The molecule has 0 spiro atoms. The van der Waals surface area contributed by atoms with E-state index in [0.29, 0.717) is 0 Å². The van der Waals surface area contributed by atoms with Crippen LogP contribution in [0.15, 0.2) is 30.0 Å². The summed E-state index contributed by atoms with van der Waals surface area (Å²) in [5.41, 5.74) is 6.96. The lowest BCUT2D eigenvalue weighted by molar-refractivity contribution is 0.247. The third-order valence-electron chi connectivity index (χ3n) is 2.45. The van der Waals surface area contributed by atoms with E-state index in [2.05, 4.69) is 30.9 Å². The van der Waals surface area contributed by atoms with E-state index in [0.717, 1.165) is 5.76 Å². The second kappa shape index (κ2) is 1.82. The van der Waals surface area contributed by atoms with Crippen molar-refractivity contribution in [1.82, 2.24) is 0 Å². The molecule has 0 aliphatic carbocycles. The van der Waals surface area contributed by atoms with Gasteiger partial charge in [0, 0.05) is 17.2 Å². The van der Waals surface area contributed by atoms with Crippen molar-refractivity contribution in [3.8, 4) is 0 Å². The number of ether oxygens (including phenoxy) is 1. The lowest BCUT2D eigenvalue weighted by Gasteiger charge is -2.03. The molecule has 2 heterocycles. The summed E-state index contributed by atoms with van der Waals surface area (Å²) in [6.45, 7) is 2.11. The Bertz CT molecular complexity index is 423. The maximum absolute atomic E-state index is 5.57. The molecule has 0 radical (unpaired) electrons. The van der Waals surface area contributed by atoms with Crippen molar-refractivity contribution in [1.29, 1.82) is 0 Å². The highest BCUT2D eigenvalue weighted by molar-refractivity contribution is 5.72. The molecule has 1 heteroatoms. The van der Waals surface area contributed by atoms with Crippen molar-refractivity contribution >= 4 is 5.76 Å².